The van der Waals surface area contributed by atoms with Crippen molar-refractivity contribution in [3.05, 3.63) is 18.0 Å². The van der Waals surface area contributed by atoms with Crippen LogP contribution in [0.4, 0.5) is 0 Å². The van der Waals surface area contributed by atoms with E-state index in [4.69, 9.17) is 10.8 Å². The molecular weight excluding hydrogens is 186 g/mol. The highest BCUT2D eigenvalue weighted by Crippen LogP contribution is 1.94. The number of aromatic nitrogens is 1. The Kier molecular flexibility index (Phi) is 3.61. The Balaban J connectivity index is 2.36. The van der Waals surface area contributed by atoms with E-state index in [-0.39, 0.29) is 18.1 Å². The van der Waals surface area contributed by atoms with Crippen LogP contribution in [0, 0.1) is 0 Å². The molecule has 14 heavy (non-hydrogen) atoms. The summed E-state index contributed by atoms with van der Waals surface area (Å²) in [5, 5.41) is 15.0. The Morgan fingerprint density at radius 1 is 1.86 bits per heavy atom. The monoisotopic (exact) mass is 199 g/mol. The van der Waals surface area contributed by atoms with Crippen molar-refractivity contribution in [3.8, 4) is 0 Å². The summed E-state index contributed by atoms with van der Waals surface area (Å²) in [6.45, 7) is 1.76. The van der Waals surface area contributed by atoms with E-state index in [0.717, 1.165) is 0 Å². The standard InChI is InChI=1S/C8H13N3O3/c1-5(12)6(9)4-10-8(13)7-2-3-14-11-7/h2-3,5-6,12H,4,9H2,1H3,(H,10,13). The SMILES string of the molecule is CC(O)C(N)CNC(=O)c1ccon1. The Hall–Kier alpha value is -1.40. The average molecular weight is 199 g/mol. The van der Waals surface area contributed by atoms with E-state index in [9.17, 15) is 4.79 Å². The molecule has 78 valence electrons. The number of nitrogens with one attached hydrogen (secondary N) is 1. The highest BCUT2D eigenvalue weighted by molar-refractivity contribution is 5.91. The lowest BCUT2D eigenvalue weighted by Crippen LogP contribution is -2.43. The Morgan fingerprint density at radius 2 is 2.57 bits per heavy atom. The van der Waals surface area contributed by atoms with Crippen LogP contribution >= 0.6 is 0 Å². The zero-order valence-corrected chi connectivity index (χ0v) is 7.80. The van der Waals surface area contributed by atoms with Crippen LogP contribution in [-0.4, -0.2) is 34.9 Å². The first kappa shape index (κ1) is 10.7. The van der Waals surface area contributed by atoms with E-state index >= 15 is 0 Å². The molecule has 0 aliphatic carbocycles. The minimum Gasteiger partial charge on any atom is -0.392 e. The lowest BCUT2D eigenvalue weighted by molar-refractivity contribution is 0.0928. The minimum absolute atomic E-state index is 0.197. The second kappa shape index (κ2) is 4.73. The predicted molar refractivity (Wildman–Crippen MR) is 48.5 cm³/mol. The number of carbonyl (C=O) groups excluding carboxylic acids is 1. The van der Waals surface area contributed by atoms with Crippen molar-refractivity contribution in [3.63, 3.8) is 0 Å². The molecule has 0 saturated carbocycles. The number of nitrogens with zero attached hydrogens (tertiary/aromatic N) is 1. The molecule has 0 spiro atoms. The van der Waals surface area contributed by atoms with Gasteiger partial charge < -0.3 is 20.7 Å². The second-order valence-corrected chi connectivity index (χ2v) is 3.00. The molecule has 0 aliphatic heterocycles. The van der Waals surface area contributed by atoms with Crippen LogP contribution in [0.3, 0.4) is 0 Å². The normalized spacial score (nSPS) is 14.8. The van der Waals surface area contributed by atoms with Crippen molar-refractivity contribution in [2.24, 2.45) is 5.73 Å². The van der Waals surface area contributed by atoms with Crippen molar-refractivity contribution in [2.75, 3.05) is 6.54 Å². The van der Waals surface area contributed by atoms with Crippen molar-refractivity contribution >= 4 is 5.91 Å². The Bertz CT molecular complexity index is 284. The molecule has 0 aliphatic rings. The Morgan fingerprint density at radius 3 is 3.07 bits per heavy atom. The maximum absolute atomic E-state index is 11.3. The molecule has 2 unspecified atom stereocenters. The van der Waals surface area contributed by atoms with Crippen LogP contribution < -0.4 is 11.1 Å². The summed E-state index contributed by atoms with van der Waals surface area (Å²) < 4.78 is 4.50. The van der Waals surface area contributed by atoms with Gasteiger partial charge >= 0.3 is 0 Å². The molecule has 0 bridgehead atoms. The fourth-order valence-corrected chi connectivity index (χ4v) is 0.801. The molecule has 1 heterocycles. The molecule has 1 amide bonds. The largest absolute Gasteiger partial charge is 0.392 e. The van der Waals surface area contributed by atoms with Gasteiger partial charge in [-0.25, -0.2) is 0 Å². The van der Waals surface area contributed by atoms with Crippen LogP contribution in [0.5, 0.6) is 0 Å². The molecule has 1 rings (SSSR count). The molecule has 1 aromatic heterocycles. The van der Waals surface area contributed by atoms with Crippen LogP contribution in [-0.2, 0) is 0 Å². The third-order valence-corrected chi connectivity index (χ3v) is 1.79. The first-order valence-electron chi connectivity index (χ1n) is 4.23. The predicted octanol–water partition coefficient (Wildman–Crippen LogP) is -0.887. The van der Waals surface area contributed by atoms with E-state index in [1.807, 2.05) is 0 Å². The van der Waals surface area contributed by atoms with Gasteiger partial charge in [0, 0.05) is 18.7 Å². The number of nitrogens with two attached hydrogens (primary N) is 1. The van der Waals surface area contributed by atoms with Gasteiger partial charge in [0.05, 0.1) is 6.10 Å². The fourth-order valence-electron chi connectivity index (χ4n) is 0.801. The van der Waals surface area contributed by atoms with Gasteiger partial charge in [-0.3, -0.25) is 4.79 Å². The van der Waals surface area contributed by atoms with Gasteiger partial charge in [-0.05, 0) is 6.92 Å². The molecule has 6 nitrogen and oxygen atoms in total. The smallest absolute Gasteiger partial charge is 0.273 e. The van der Waals surface area contributed by atoms with Crippen molar-refractivity contribution in [2.45, 2.75) is 19.1 Å². The summed E-state index contributed by atoms with van der Waals surface area (Å²) in [5.74, 6) is -0.366. The van der Waals surface area contributed by atoms with Gasteiger partial charge in [0.1, 0.15) is 6.26 Å². The summed E-state index contributed by atoms with van der Waals surface area (Å²) in [4.78, 5) is 11.3. The second-order valence-electron chi connectivity index (χ2n) is 3.00. The minimum atomic E-state index is -0.660. The molecule has 4 N–H and O–H groups in total. The maximum Gasteiger partial charge on any atom is 0.273 e. The maximum atomic E-state index is 11.3. The summed E-state index contributed by atoms with van der Waals surface area (Å²) >= 11 is 0. The van der Waals surface area contributed by atoms with Crippen molar-refractivity contribution in [1.82, 2.24) is 10.5 Å². The van der Waals surface area contributed by atoms with Gasteiger partial charge in [-0.2, -0.15) is 0 Å². The summed E-state index contributed by atoms with van der Waals surface area (Å²) in [7, 11) is 0. The lowest BCUT2D eigenvalue weighted by Gasteiger charge is -2.14. The third-order valence-electron chi connectivity index (χ3n) is 1.79. The van der Waals surface area contributed by atoms with Gasteiger partial charge in [0.25, 0.3) is 5.91 Å². The molecule has 0 fully saturated rings. The van der Waals surface area contributed by atoms with E-state index in [2.05, 4.69) is 15.0 Å². The number of hydrogen-bond donors (Lipinski definition) is 3. The molecule has 2 atom stereocenters. The molecule has 0 saturated heterocycles. The van der Waals surface area contributed by atoms with E-state index < -0.39 is 12.1 Å². The first-order valence-corrected chi connectivity index (χ1v) is 4.23. The van der Waals surface area contributed by atoms with Crippen LogP contribution in [0.2, 0.25) is 0 Å². The number of carbonyl (C=O) groups is 1. The van der Waals surface area contributed by atoms with Crippen LogP contribution in [0.15, 0.2) is 16.9 Å². The van der Waals surface area contributed by atoms with Gasteiger partial charge in [0.15, 0.2) is 5.69 Å². The number of hydrogen-bond acceptors (Lipinski definition) is 5. The van der Waals surface area contributed by atoms with Gasteiger partial charge in [-0.1, -0.05) is 5.16 Å². The van der Waals surface area contributed by atoms with Crippen molar-refractivity contribution in [1.29, 1.82) is 0 Å². The summed E-state index contributed by atoms with van der Waals surface area (Å²) in [6.07, 6.45) is 0.649. The average Bonchev–Trinajstić information content (AvgIpc) is 2.66. The molecule has 0 aromatic carbocycles. The third kappa shape index (κ3) is 2.82. The number of rotatable bonds is 4. The van der Waals surface area contributed by atoms with Gasteiger partial charge in [-0.15, -0.1) is 0 Å². The van der Waals surface area contributed by atoms with Crippen LogP contribution in [0.25, 0.3) is 0 Å². The summed E-state index contributed by atoms with van der Waals surface area (Å²) in [6, 6.07) is 0.967. The number of amides is 1. The summed E-state index contributed by atoms with van der Waals surface area (Å²) in [5.41, 5.74) is 5.71. The highest BCUT2D eigenvalue weighted by Gasteiger charge is 2.13. The lowest BCUT2D eigenvalue weighted by atomic mass is 10.2. The van der Waals surface area contributed by atoms with Crippen LogP contribution in [0.1, 0.15) is 17.4 Å². The van der Waals surface area contributed by atoms with E-state index in [0.29, 0.717) is 0 Å². The zero-order chi connectivity index (χ0) is 10.6. The topological polar surface area (TPSA) is 101 Å². The first-order chi connectivity index (χ1) is 6.61. The fraction of sp³-hybridized carbons (Fsp3) is 0.500. The Labute approximate surface area is 81.1 Å². The van der Waals surface area contributed by atoms with Crippen molar-refractivity contribution < 1.29 is 14.4 Å². The quantitative estimate of drug-likeness (QED) is 0.584. The molecule has 6 heteroatoms. The molecule has 0 radical (unpaired) electrons. The van der Waals surface area contributed by atoms with Gasteiger partial charge in [0.2, 0.25) is 0 Å². The molecular formula is C8H13N3O3. The zero-order valence-electron chi connectivity index (χ0n) is 7.80. The number of aliphatic hydroxyl groups excluding tert-OH is 1. The number of aliphatic hydroxyl groups is 1. The van der Waals surface area contributed by atoms with E-state index in [1.54, 1.807) is 6.92 Å². The molecule has 1 aromatic rings. The highest BCUT2D eigenvalue weighted by atomic mass is 16.5. The van der Waals surface area contributed by atoms with E-state index in [1.165, 1.54) is 12.3 Å².